The summed E-state index contributed by atoms with van der Waals surface area (Å²) >= 11 is 2.06. The normalized spacial score (nSPS) is 16.8. The molecule has 2 heteroatoms. The monoisotopic (exact) mass is 291 g/mol. The zero-order valence-corrected chi connectivity index (χ0v) is 14.3. The summed E-state index contributed by atoms with van der Waals surface area (Å²) < 4.78 is 0. The van der Waals surface area contributed by atoms with Crippen LogP contribution in [0.2, 0.25) is 0 Å². The maximum absolute atomic E-state index is 3.55. The van der Waals surface area contributed by atoms with Gasteiger partial charge in [0.05, 0.1) is 0 Å². The average molecular weight is 292 g/mol. The van der Waals surface area contributed by atoms with Crippen LogP contribution in [0.1, 0.15) is 57.6 Å². The van der Waals surface area contributed by atoms with Gasteiger partial charge in [-0.2, -0.15) is 0 Å². The van der Waals surface area contributed by atoms with Crippen LogP contribution in [0.4, 0.5) is 0 Å². The van der Waals surface area contributed by atoms with Crippen molar-refractivity contribution in [2.45, 2.75) is 70.4 Å². The Morgan fingerprint density at radius 1 is 1.20 bits per heavy atom. The van der Waals surface area contributed by atoms with E-state index in [1.54, 1.807) is 0 Å². The summed E-state index contributed by atoms with van der Waals surface area (Å²) in [5.74, 6) is 2.27. The maximum Gasteiger partial charge on any atom is 0.0210 e. The summed E-state index contributed by atoms with van der Waals surface area (Å²) in [6, 6.07) is 6.94. The minimum absolute atomic E-state index is 0.184. The van der Waals surface area contributed by atoms with E-state index < -0.39 is 0 Å². The second kappa shape index (κ2) is 7.00. The van der Waals surface area contributed by atoms with E-state index in [1.165, 1.54) is 47.5 Å². The number of rotatable bonds is 5. The first-order valence-corrected chi connectivity index (χ1v) is 8.90. The Labute approximate surface area is 128 Å². The summed E-state index contributed by atoms with van der Waals surface area (Å²) in [6.07, 6.45) is 5.78. The molecule has 1 nitrogen and oxygen atoms in total. The Hall–Kier alpha value is -0.470. The molecule has 1 aromatic carbocycles. The SMILES string of the molecule is Cc1cc(CNC(C)(C)C)ccc1SCC1CCCC1. The second-order valence-corrected chi connectivity index (χ2v) is 8.23. The molecule has 1 fully saturated rings. The van der Waals surface area contributed by atoms with Crippen molar-refractivity contribution < 1.29 is 0 Å². The van der Waals surface area contributed by atoms with Crippen LogP contribution in [-0.4, -0.2) is 11.3 Å². The van der Waals surface area contributed by atoms with E-state index in [0.717, 1.165) is 12.5 Å². The van der Waals surface area contributed by atoms with E-state index in [0.29, 0.717) is 0 Å². The van der Waals surface area contributed by atoms with E-state index in [9.17, 15) is 0 Å². The van der Waals surface area contributed by atoms with E-state index >= 15 is 0 Å². The number of thioether (sulfide) groups is 1. The smallest absolute Gasteiger partial charge is 0.0210 e. The molecule has 1 saturated carbocycles. The van der Waals surface area contributed by atoms with Crippen molar-refractivity contribution >= 4 is 11.8 Å². The average Bonchev–Trinajstić information content (AvgIpc) is 2.87. The Morgan fingerprint density at radius 2 is 1.90 bits per heavy atom. The summed E-state index contributed by atoms with van der Waals surface area (Å²) in [5, 5.41) is 3.55. The summed E-state index contributed by atoms with van der Waals surface area (Å²) in [5.41, 5.74) is 3.01. The molecule has 1 aromatic rings. The molecule has 20 heavy (non-hydrogen) atoms. The fourth-order valence-electron chi connectivity index (χ4n) is 2.74. The fourth-order valence-corrected chi connectivity index (χ4v) is 3.93. The molecule has 1 aliphatic carbocycles. The Kier molecular flexibility index (Phi) is 5.57. The molecule has 2 rings (SSSR count). The number of benzene rings is 1. The van der Waals surface area contributed by atoms with Gasteiger partial charge < -0.3 is 5.32 Å². The van der Waals surface area contributed by atoms with Crippen LogP contribution >= 0.6 is 11.8 Å². The zero-order valence-electron chi connectivity index (χ0n) is 13.5. The lowest BCUT2D eigenvalue weighted by molar-refractivity contribution is 0.424. The Morgan fingerprint density at radius 3 is 2.50 bits per heavy atom. The van der Waals surface area contributed by atoms with Crippen LogP contribution in [0.5, 0.6) is 0 Å². The van der Waals surface area contributed by atoms with Gasteiger partial charge in [0, 0.05) is 22.7 Å². The van der Waals surface area contributed by atoms with Crippen LogP contribution in [0.25, 0.3) is 0 Å². The van der Waals surface area contributed by atoms with Crippen LogP contribution < -0.4 is 5.32 Å². The van der Waals surface area contributed by atoms with Crippen molar-refractivity contribution in [1.82, 2.24) is 5.32 Å². The third kappa shape index (κ3) is 5.14. The molecule has 112 valence electrons. The van der Waals surface area contributed by atoms with Gasteiger partial charge in [-0.3, -0.25) is 0 Å². The first-order valence-electron chi connectivity index (χ1n) is 7.91. The van der Waals surface area contributed by atoms with Crippen molar-refractivity contribution in [1.29, 1.82) is 0 Å². The molecule has 0 aromatic heterocycles. The molecule has 0 bridgehead atoms. The van der Waals surface area contributed by atoms with Crippen LogP contribution in [0.15, 0.2) is 23.1 Å². The van der Waals surface area contributed by atoms with Crippen molar-refractivity contribution in [3.05, 3.63) is 29.3 Å². The molecule has 0 heterocycles. The van der Waals surface area contributed by atoms with Gasteiger partial charge in [-0.25, -0.2) is 0 Å². The third-order valence-corrected chi connectivity index (χ3v) is 5.42. The maximum atomic E-state index is 3.55. The van der Waals surface area contributed by atoms with Crippen LogP contribution in [0.3, 0.4) is 0 Å². The molecule has 0 amide bonds. The highest BCUT2D eigenvalue weighted by Gasteiger charge is 2.15. The van der Waals surface area contributed by atoms with Gasteiger partial charge in [-0.1, -0.05) is 25.0 Å². The number of hydrogen-bond donors (Lipinski definition) is 1. The summed E-state index contributed by atoms with van der Waals surface area (Å²) in [6.45, 7) is 9.85. The highest BCUT2D eigenvalue weighted by atomic mass is 32.2. The quantitative estimate of drug-likeness (QED) is 0.752. The molecular weight excluding hydrogens is 262 g/mol. The Bertz CT molecular complexity index is 428. The Balaban J connectivity index is 1.88. The van der Waals surface area contributed by atoms with Gasteiger partial charge in [0.2, 0.25) is 0 Å². The lowest BCUT2D eigenvalue weighted by Gasteiger charge is -2.21. The molecule has 0 radical (unpaired) electrons. The van der Waals surface area contributed by atoms with Gasteiger partial charge in [-0.15, -0.1) is 11.8 Å². The second-order valence-electron chi connectivity index (χ2n) is 7.16. The van der Waals surface area contributed by atoms with Gasteiger partial charge in [0.25, 0.3) is 0 Å². The molecule has 0 spiro atoms. The summed E-state index contributed by atoms with van der Waals surface area (Å²) in [7, 11) is 0. The lowest BCUT2D eigenvalue weighted by atomic mass is 10.1. The zero-order chi connectivity index (χ0) is 14.6. The van der Waals surface area contributed by atoms with E-state index in [2.05, 4.69) is 63.0 Å². The standard InChI is InChI=1S/C18H29NS/c1-14-11-16(12-19-18(2,3)4)9-10-17(14)20-13-15-7-5-6-8-15/h9-11,15,19H,5-8,12-13H2,1-4H3. The largest absolute Gasteiger partial charge is 0.308 e. The molecule has 1 aliphatic rings. The predicted molar refractivity (Wildman–Crippen MR) is 90.5 cm³/mol. The molecule has 0 saturated heterocycles. The van der Waals surface area contributed by atoms with Gasteiger partial charge in [0.15, 0.2) is 0 Å². The molecule has 1 N–H and O–H groups in total. The number of hydrogen-bond acceptors (Lipinski definition) is 2. The first kappa shape index (κ1) is 15.9. The molecule has 0 unspecified atom stereocenters. The molecule has 0 atom stereocenters. The van der Waals surface area contributed by atoms with Gasteiger partial charge >= 0.3 is 0 Å². The number of aryl methyl sites for hydroxylation is 1. The summed E-state index contributed by atoms with van der Waals surface area (Å²) in [4.78, 5) is 1.47. The minimum Gasteiger partial charge on any atom is -0.308 e. The van der Waals surface area contributed by atoms with Crippen LogP contribution in [-0.2, 0) is 6.54 Å². The van der Waals surface area contributed by atoms with Crippen molar-refractivity contribution in [3.63, 3.8) is 0 Å². The van der Waals surface area contributed by atoms with Crippen molar-refractivity contribution in [3.8, 4) is 0 Å². The third-order valence-electron chi connectivity index (χ3n) is 4.01. The number of nitrogens with one attached hydrogen (secondary N) is 1. The molecular formula is C18H29NS. The molecule has 0 aliphatic heterocycles. The highest BCUT2D eigenvalue weighted by Crippen LogP contribution is 2.32. The van der Waals surface area contributed by atoms with Crippen LogP contribution in [0, 0.1) is 12.8 Å². The first-order chi connectivity index (χ1) is 9.44. The van der Waals surface area contributed by atoms with E-state index in [4.69, 9.17) is 0 Å². The van der Waals surface area contributed by atoms with E-state index in [-0.39, 0.29) is 5.54 Å². The van der Waals surface area contributed by atoms with E-state index in [1.807, 2.05) is 0 Å². The fraction of sp³-hybridized carbons (Fsp3) is 0.667. The van der Waals surface area contributed by atoms with Gasteiger partial charge in [-0.05, 0) is 63.6 Å². The van der Waals surface area contributed by atoms with Crippen molar-refractivity contribution in [2.24, 2.45) is 5.92 Å². The minimum atomic E-state index is 0.184. The predicted octanol–water partition coefficient (Wildman–Crippen LogP) is 5.17. The lowest BCUT2D eigenvalue weighted by Crippen LogP contribution is -2.35. The van der Waals surface area contributed by atoms with Crippen molar-refractivity contribution in [2.75, 3.05) is 5.75 Å². The van der Waals surface area contributed by atoms with Gasteiger partial charge in [0.1, 0.15) is 0 Å². The highest BCUT2D eigenvalue weighted by molar-refractivity contribution is 7.99. The topological polar surface area (TPSA) is 12.0 Å².